The van der Waals surface area contributed by atoms with Crippen molar-refractivity contribution in [1.82, 2.24) is 23.1 Å². The van der Waals surface area contributed by atoms with Crippen LogP contribution in [0.25, 0.3) is 33.9 Å². The number of hydrogen-bond acceptors (Lipinski definition) is 3. The second-order valence-corrected chi connectivity index (χ2v) is 8.27. The van der Waals surface area contributed by atoms with Gasteiger partial charge in [-0.15, -0.1) is 0 Å². The fourth-order valence-corrected chi connectivity index (χ4v) is 4.01. The standard InChI is InChI=1S/C22H18BrN5O2/c1-13-4-10-16(11-5-13)28-17(14-6-8-15(23)9-7-14)12-27-18-19(24-21(27)28)25(2)22(30)26(3)20(18)29/h4-12H,1-3H3. The number of fused-ring (bicyclic) bond motifs is 3. The molecule has 0 aliphatic rings. The van der Waals surface area contributed by atoms with Crippen molar-refractivity contribution in [2.75, 3.05) is 0 Å². The van der Waals surface area contributed by atoms with Gasteiger partial charge in [0.15, 0.2) is 11.2 Å². The van der Waals surface area contributed by atoms with E-state index in [1.165, 1.54) is 11.6 Å². The van der Waals surface area contributed by atoms with Gasteiger partial charge in [0.25, 0.3) is 5.56 Å². The van der Waals surface area contributed by atoms with Crippen molar-refractivity contribution in [3.05, 3.63) is 85.6 Å². The van der Waals surface area contributed by atoms with Gasteiger partial charge in [0, 0.05) is 36.0 Å². The summed E-state index contributed by atoms with van der Waals surface area (Å²) in [6.45, 7) is 2.04. The van der Waals surface area contributed by atoms with Gasteiger partial charge in [-0.2, -0.15) is 4.98 Å². The summed E-state index contributed by atoms with van der Waals surface area (Å²) in [5.74, 6) is 0.574. The maximum absolute atomic E-state index is 12.9. The Hall–Kier alpha value is -3.39. The van der Waals surface area contributed by atoms with E-state index in [1.807, 2.05) is 66.2 Å². The van der Waals surface area contributed by atoms with Crippen LogP contribution in [-0.2, 0) is 14.1 Å². The van der Waals surface area contributed by atoms with E-state index in [-0.39, 0.29) is 5.56 Å². The molecule has 2 aromatic carbocycles. The van der Waals surface area contributed by atoms with Crippen LogP contribution in [-0.4, -0.2) is 23.1 Å². The smallest absolute Gasteiger partial charge is 0.279 e. The highest BCUT2D eigenvalue weighted by Gasteiger charge is 2.21. The third kappa shape index (κ3) is 2.60. The average molecular weight is 464 g/mol. The van der Waals surface area contributed by atoms with Crippen LogP contribution in [0.1, 0.15) is 5.56 Å². The Morgan fingerprint density at radius 1 is 0.900 bits per heavy atom. The highest BCUT2D eigenvalue weighted by atomic mass is 79.9. The molecule has 0 aliphatic carbocycles. The summed E-state index contributed by atoms with van der Waals surface area (Å²) in [5.41, 5.74) is 3.92. The van der Waals surface area contributed by atoms with Crippen LogP contribution in [0.2, 0.25) is 0 Å². The molecule has 0 saturated carbocycles. The zero-order chi connectivity index (χ0) is 21.2. The molecule has 0 radical (unpaired) electrons. The largest absolute Gasteiger partial charge is 0.332 e. The minimum Gasteiger partial charge on any atom is -0.279 e. The molecule has 0 atom stereocenters. The maximum Gasteiger partial charge on any atom is 0.332 e. The molecule has 0 fully saturated rings. The van der Waals surface area contributed by atoms with Gasteiger partial charge >= 0.3 is 5.69 Å². The molecular weight excluding hydrogens is 446 g/mol. The molecule has 3 aromatic heterocycles. The zero-order valence-corrected chi connectivity index (χ0v) is 18.2. The van der Waals surface area contributed by atoms with Gasteiger partial charge in [0.1, 0.15) is 0 Å². The molecular formula is C22H18BrN5O2. The van der Waals surface area contributed by atoms with Gasteiger partial charge in [0.05, 0.1) is 5.69 Å². The van der Waals surface area contributed by atoms with E-state index in [2.05, 4.69) is 15.9 Å². The van der Waals surface area contributed by atoms with Crippen LogP contribution >= 0.6 is 15.9 Å². The lowest BCUT2D eigenvalue weighted by Crippen LogP contribution is -2.37. The quantitative estimate of drug-likeness (QED) is 0.402. The number of nitrogens with zero attached hydrogens (tertiary/aromatic N) is 5. The fourth-order valence-electron chi connectivity index (χ4n) is 3.74. The van der Waals surface area contributed by atoms with E-state index in [0.29, 0.717) is 16.9 Å². The first-order valence-corrected chi connectivity index (χ1v) is 10.2. The van der Waals surface area contributed by atoms with Crippen molar-refractivity contribution in [2.45, 2.75) is 6.92 Å². The third-order valence-corrected chi connectivity index (χ3v) is 5.93. The molecule has 150 valence electrons. The lowest BCUT2D eigenvalue weighted by atomic mass is 10.1. The van der Waals surface area contributed by atoms with Gasteiger partial charge in [-0.25, -0.2) is 4.79 Å². The minimum absolute atomic E-state index is 0.362. The molecule has 0 amide bonds. The zero-order valence-electron chi connectivity index (χ0n) is 16.6. The summed E-state index contributed by atoms with van der Waals surface area (Å²) in [5, 5.41) is 0. The maximum atomic E-state index is 12.9. The number of hydrogen-bond donors (Lipinski definition) is 0. The Morgan fingerprint density at radius 3 is 2.23 bits per heavy atom. The highest BCUT2D eigenvalue weighted by Crippen LogP contribution is 2.29. The lowest BCUT2D eigenvalue weighted by molar-refractivity contribution is 0.708. The van der Waals surface area contributed by atoms with Crippen molar-refractivity contribution < 1.29 is 0 Å². The van der Waals surface area contributed by atoms with Crippen LogP contribution in [0.15, 0.2) is 68.8 Å². The van der Waals surface area contributed by atoms with Crippen molar-refractivity contribution in [2.24, 2.45) is 14.1 Å². The molecule has 30 heavy (non-hydrogen) atoms. The molecule has 0 spiro atoms. The first-order valence-electron chi connectivity index (χ1n) is 9.39. The molecule has 0 N–H and O–H groups in total. The van der Waals surface area contributed by atoms with E-state index >= 15 is 0 Å². The number of aromatic nitrogens is 5. The molecule has 0 unspecified atom stereocenters. The second kappa shape index (κ2) is 6.56. The van der Waals surface area contributed by atoms with E-state index in [9.17, 15) is 9.59 Å². The number of imidazole rings is 2. The summed E-state index contributed by atoms with van der Waals surface area (Å²) >= 11 is 3.48. The van der Waals surface area contributed by atoms with Crippen molar-refractivity contribution in [3.8, 4) is 16.9 Å². The average Bonchev–Trinajstić information content (AvgIpc) is 3.28. The van der Waals surface area contributed by atoms with Crippen LogP contribution in [0.3, 0.4) is 0 Å². The van der Waals surface area contributed by atoms with Crippen molar-refractivity contribution in [1.29, 1.82) is 0 Å². The molecule has 3 heterocycles. The first-order chi connectivity index (χ1) is 14.4. The fraction of sp³-hybridized carbons (Fsp3) is 0.136. The van der Waals surface area contributed by atoms with Crippen LogP contribution < -0.4 is 11.2 Å². The van der Waals surface area contributed by atoms with Gasteiger partial charge < -0.3 is 0 Å². The first kappa shape index (κ1) is 18.6. The van der Waals surface area contributed by atoms with E-state index in [4.69, 9.17) is 4.98 Å². The normalized spacial score (nSPS) is 11.6. The van der Waals surface area contributed by atoms with Gasteiger partial charge in [-0.3, -0.25) is 22.9 Å². The Bertz CT molecular complexity index is 1550. The summed E-state index contributed by atoms with van der Waals surface area (Å²) in [6, 6.07) is 16.1. The molecule has 7 nitrogen and oxygen atoms in total. The lowest BCUT2D eigenvalue weighted by Gasteiger charge is -2.10. The Kier molecular flexibility index (Phi) is 4.08. The van der Waals surface area contributed by atoms with E-state index in [0.717, 1.165) is 31.5 Å². The van der Waals surface area contributed by atoms with Crippen molar-refractivity contribution >= 4 is 32.9 Å². The molecule has 0 bridgehead atoms. The molecule has 0 saturated heterocycles. The summed E-state index contributed by atoms with van der Waals surface area (Å²) in [7, 11) is 3.11. The monoisotopic (exact) mass is 463 g/mol. The highest BCUT2D eigenvalue weighted by molar-refractivity contribution is 9.10. The van der Waals surface area contributed by atoms with Crippen molar-refractivity contribution in [3.63, 3.8) is 0 Å². The number of rotatable bonds is 2. The summed E-state index contributed by atoms with van der Waals surface area (Å²) < 4.78 is 7.28. The molecule has 8 heteroatoms. The topological polar surface area (TPSA) is 66.2 Å². The minimum atomic E-state index is -0.400. The van der Waals surface area contributed by atoms with E-state index in [1.54, 1.807) is 11.4 Å². The second-order valence-electron chi connectivity index (χ2n) is 7.35. The predicted molar refractivity (Wildman–Crippen MR) is 120 cm³/mol. The van der Waals surface area contributed by atoms with Gasteiger partial charge in [-0.05, 0) is 31.2 Å². The van der Waals surface area contributed by atoms with Crippen LogP contribution in [0.4, 0.5) is 0 Å². The Balaban J connectivity index is 1.95. The van der Waals surface area contributed by atoms with Crippen LogP contribution in [0.5, 0.6) is 0 Å². The summed E-state index contributed by atoms with van der Waals surface area (Å²) in [4.78, 5) is 30.0. The van der Waals surface area contributed by atoms with Gasteiger partial charge in [-0.1, -0.05) is 45.8 Å². The van der Waals surface area contributed by atoms with Gasteiger partial charge in [0.2, 0.25) is 5.78 Å². The number of aryl methyl sites for hydroxylation is 2. The summed E-state index contributed by atoms with van der Waals surface area (Å²) in [6.07, 6.45) is 1.90. The third-order valence-electron chi connectivity index (χ3n) is 5.40. The molecule has 0 aliphatic heterocycles. The Labute approximate surface area is 179 Å². The number of halogens is 1. The number of benzene rings is 2. The Morgan fingerprint density at radius 2 is 1.57 bits per heavy atom. The predicted octanol–water partition coefficient (Wildman–Crippen LogP) is 3.41. The van der Waals surface area contributed by atoms with Crippen LogP contribution in [0, 0.1) is 6.92 Å². The SMILES string of the molecule is Cc1ccc(-n2c(-c3ccc(Br)cc3)cn3c4c(=O)n(C)c(=O)n(C)c4nc23)cc1. The van der Waals surface area contributed by atoms with E-state index < -0.39 is 5.69 Å². The molecule has 5 aromatic rings. The molecule has 5 rings (SSSR count).